The fourth-order valence-corrected chi connectivity index (χ4v) is 3.57. The fraction of sp³-hybridized carbons (Fsp3) is 0.238. The Hall–Kier alpha value is -3.33. The van der Waals surface area contributed by atoms with E-state index in [9.17, 15) is 0 Å². The second kappa shape index (κ2) is 8.58. The van der Waals surface area contributed by atoms with Crippen LogP contribution in [0.4, 0.5) is 5.95 Å². The molecule has 4 aromatic rings. The Morgan fingerprint density at radius 3 is 2.30 bits per heavy atom. The molecule has 0 fully saturated rings. The minimum absolute atomic E-state index is 0.186. The van der Waals surface area contributed by atoms with Crippen molar-refractivity contribution in [3.63, 3.8) is 0 Å². The quantitative estimate of drug-likeness (QED) is 0.467. The Labute approximate surface area is 179 Å². The van der Waals surface area contributed by atoms with Crippen LogP contribution in [0.15, 0.2) is 65.2 Å². The molecule has 30 heavy (non-hydrogen) atoms. The van der Waals surface area contributed by atoms with Crippen LogP contribution >= 0.6 is 11.8 Å². The summed E-state index contributed by atoms with van der Waals surface area (Å²) in [5.74, 6) is 2.29. The van der Waals surface area contributed by atoms with Gasteiger partial charge in [0.15, 0.2) is 5.82 Å². The summed E-state index contributed by atoms with van der Waals surface area (Å²) in [5.41, 5.74) is 1.89. The first-order valence-electron chi connectivity index (χ1n) is 9.55. The fourth-order valence-electron chi connectivity index (χ4n) is 2.78. The van der Waals surface area contributed by atoms with E-state index in [2.05, 4.69) is 44.0 Å². The number of anilines is 1. The molecule has 0 N–H and O–H groups in total. The zero-order valence-electron chi connectivity index (χ0n) is 17.3. The molecule has 0 atom stereocenters. The summed E-state index contributed by atoms with van der Waals surface area (Å²) in [5, 5.41) is 10.2. The summed E-state index contributed by atoms with van der Waals surface area (Å²) in [6.07, 6.45) is 3.49. The lowest BCUT2D eigenvalue weighted by molar-refractivity contribution is 0.714. The third-order valence-corrected chi connectivity index (χ3v) is 5.12. The van der Waals surface area contributed by atoms with Gasteiger partial charge >= 0.3 is 0 Å². The number of nitrogens with zero attached hydrogens (tertiary/aromatic N) is 8. The van der Waals surface area contributed by atoms with Gasteiger partial charge in [0.05, 0.1) is 0 Å². The summed E-state index contributed by atoms with van der Waals surface area (Å²) in [6, 6.07) is 13.8. The molecule has 0 saturated carbocycles. The molecule has 0 bridgehead atoms. The van der Waals surface area contributed by atoms with Gasteiger partial charge in [0, 0.05) is 43.7 Å². The van der Waals surface area contributed by atoms with Gasteiger partial charge in [-0.3, -0.25) is 9.55 Å². The van der Waals surface area contributed by atoms with Gasteiger partial charge in [0.2, 0.25) is 16.3 Å². The van der Waals surface area contributed by atoms with E-state index < -0.39 is 0 Å². The molecular weight excluding hydrogens is 396 g/mol. The topological polar surface area (TPSA) is 85.5 Å². The van der Waals surface area contributed by atoms with Gasteiger partial charge in [-0.25, -0.2) is 4.98 Å². The molecule has 0 amide bonds. The summed E-state index contributed by atoms with van der Waals surface area (Å²) < 4.78 is 2.01. The number of aromatic nitrogens is 7. The first-order valence-corrected chi connectivity index (χ1v) is 10.4. The smallest absolute Gasteiger partial charge is 0.229 e. The summed E-state index contributed by atoms with van der Waals surface area (Å²) in [6.45, 7) is 4.13. The van der Waals surface area contributed by atoms with Gasteiger partial charge in [-0.1, -0.05) is 32.0 Å². The van der Waals surface area contributed by atoms with Crippen LogP contribution in [0.1, 0.15) is 25.6 Å². The molecule has 4 rings (SSSR count). The van der Waals surface area contributed by atoms with Gasteiger partial charge in [0.25, 0.3) is 0 Å². The van der Waals surface area contributed by atoms with E-state index in [1.165, 1.54) is 11.8 Å². The van der Waals surface area contributed by atoms with Gasteiger partial charge in [-0.05, 0) is 36.0 Å². The van der Waals surface area contributed by atoms with Crippen molar-refractivity contribution in [3.05, 3.63) is 60.7 Å². The van der Waals surface area contributed by atoms with Crippen molar-refractivity contribution in [2.45, 2.75) is 30.1 Å². The van der Waals surface area contributed by atoms with Gasteiger partial charge in [-0.15, -0.1) is 10.2 Å². The molecule has 152 valence electrons. The third-order valence-electron chi connectivity index (χ3n) is 4.31. The second-order valence-corrected chi connectivity index (χ2v) is 8.07. The second-order valence-electron chi connectivity index (χ2n) is 7.14. The summed E-state index contributed by atoms with van der Waals surface area (Å²) in [4.78, 5) is 19.8. The molecule has 3 aromatic heterocycles. The number of rotatable bonds is 6. The Balaban J connectivity index is 1.82. The van der Waals surface area contributed by atoms with E-state index in [0.717, 1.165) is 22.9 Å². The molecule has 1 aromatic carbocycles. The molecule has 0 radical (unpaired) electrons. The van der Waals surface area contributed by atoms with Crippen molar-refractivity contribution in [1.82, 2.24) is 34.7 Å². The number of para-hydroxylation sites is 1. The van der Waals surface area contributed by atoms with Crippen molar-refractivity contribution < 1.29 is 0 Å². The van der Waals surface area contributed by atoms with E-state index in [1.54, 1.807) is 12.4 Å². The van der Waals surface area contributed by atoms with Crippen LogP contribution in [0.2, 0.25) is 0 Å². The van der Waals surface area contributed by atoms with E-state index in [0.29, 0.717) is 16.3 Å². The molecule has 0 spiro atoms. The van der Waals surface area contributed by atoms with Gasteiger partial charge in [-0.2, -0.15) is 9.97 Å². The Morgan fingerprint density at radius 2 is 1.63 bits per heavy atom. The van der Waals surface area contributed by atoms with Crippen LogP contribution in [0.25, 0.3) is 17.1 Å². The molecule has 0 unspecified atom stereocenters. The first-order chi connectivity index (χ1) is 14.5. The predicted molar refractivity (Wildman–Crippen MR) is 117 cm³/mol. The SMILES string of the molecule is CC(C)c1nc(Sc2nnc(-c3ccncc3)n2-c2ccccc2)nc(N(C)C)n1. The molecule has 0 aliphatic carbocycles. The molecule has 9 heteroatoms. The number of hydrogen-bond donors (Lipinski definition) is 0. The van der Waals surface area contributed by atoms with Gasteiger partial charge in [0.1, 0.15) is 5.82 Å². The van der Waals surface area contributed by atoms with Crippen LogP contribution in [0.5, 0.6) is 0 Å². The first kappa shape index (κ1) is 20.0. The Kier molecular flexibility index (Phi) is 5.71. The minimum Gasteiger partial charge on any atom is -0.347 e. The number of hydrogen-bond acceptors (Lipinski definition) is 8. The van der Waals surface area contributed by atoms with Crippen LogP contribution in [0.3, 0.4) is 0 Å². The van der Waals surface area contributed by atoms with Crippen molar-refractivity contribution >= 4 is 17.7 Å². The average molecular weight is 419 g/mol. The Morgan fingerprint density at radius 1 is 0.900 bits per heavy atom. The minimum atomic E-state index is 0.186. The highest BCUT2D eigenvalue weighted by Gasteiger charge is 2.19. The highest BCUT2D eigenvalue weighted by molar-refractivity contribution is 7.99. The monoisotopic (exact) mass is 418 g/mol. The highest BCUT2D eigenvalue weighted by atomic mass is 32.2. The van der Waals surface area contributed by atoms with Crippen LogP contribution in [-0.2, 0) is 0 Å². The molecule has 0 aliphatic rings. The molecular formula is C21H22N8S. The largest absolute Gasteiger partial charge is 0.347 e. The predicted octanol–water partition coefficient (Wildman–Crippen LogP) is 3.85. The lowest BCUT2D eigenvalue weighted by atomic mass is 10.2. The lowest BCUT2D eigenvalue weighted by Crippen LogP contribution is -2.16. The molecule has 3 heterocycles. The standard InChI is InChI=1S/C21H22N8S/c1-14(2)17-23-19(28(3)4)25-20(24-17)30-21-27-26-18(15-10-12-22-13-11-15)29(21)16-8-6-5-7-9-16/h5-14H,1-4H3. The average Bonchev–Trinajstić information content (AvgIpc) is 3.18. The molecule has 0 aliphatic heterocycles. The van der Waals surface area contributed by atoms with Crippen molar-refractivity contribution in [2.24, 2.45) is 0 Å². The maximum Gasteiger partial charge on any atom is 0.229 e. The zero-order valence-corrected chi connectivity index (χ0v) is 18.1. The van der Waals surface area contributed by atoms with Crippen LogP contribution < -0.4 is 4.90 Å². The van der Waals surface area contributed by atoms with Crippen molar-refractivity contribution in [3.8, 4) is 17.1 Å². The maximum atomic E-state index is 4.65. The normalized spacial score (nSPS) is 11.1. The summed E-state index contributed by atoms with van der Waals surface area (Å²) in [7, 11) is 3.84. The highest BCUT2D eigenvalue weighted by Crippen LogP contribution is 2.31. The van der Waals surface area contributed by atoms with E-state index in [-0.39, 0.29) is 5.92 Å². The van der Waals surface area contributed by atoms with Crippen molar-refractivity contribution in [2.75, 3.05) is 19.0 Å². The van der Waals surface area contributed by atoms with E-state index >= 15 is 0 Å². The lowest BCUT2D eigenvalue weighted by Gasteiger charge is -2.14. The third kappa shape index (κ3) is 4.16. The van der Waals surface area contributed by atoms with E-state index in [1.807, 2.05) is 66.0 Å². The summed E-state index contributed by atoms with van der Waals surface area (Å²) >= 11 is 1.37. The maximum absolute atomic E-state index is 4.65. The Bertz CT molecular complexity index is 1100. The van der Waals surface area contributed by atoms with E-state index in [4.69, 9.17) is 0 Å². The van der Waals surface area contributed by atoms with Gasteiger partial charge < -0.3 is 4.90 Å². The molecule has 0 saturated heterocycles. The number of pyridine rings is 1. The van der Waals surface area contributed by atoms with Crippen LogP contribution in [0, 0.1) is 0 Å². The van der Waals surface area contributed by atoms with Crippen molar-refractivity contribution in [1.29, 1.82) is 0 Å². The van der Waals surface area contributed by atoms with Crippen LogP contribution in [-0.4, -0.2) is 48.8 Å². The number of benzene rings is 1. The zero-order chi connectivity index (χ0) is 21.1. The molecule has 8 nitrogen and oxygen atoms in total.